The number of anilines is 1. The number of carbonyl (C=O) groups excluding carboxylic acids is 1. The summed E-state index contributed by atoms with van der Waals surface area (Å²) in [5.41, 5.74) is 1.38. The number of aliphatic hydroxyl groups excluding tert-OH is 2. The van der Waals surface area contributed by atoms with Crippen molar-refractivity contribution in [1.29, 1.82) is 0 Å². The average Bonchev–Trinajstić information content (AvgIpc) is 3.33. The van der Waals surface area contributed by atoms with Crippen LogP contribution in [0.25, 0.3) is 22.4 Å². The van der Waals surface area contributed by atoms with Gasteiger partial charge in [-0.1, -0.05) is 62.3 Å². The predicted molar refractivity (Wildman–Crippen MR) is 157 cm³/mol. The van der Waals surface area contributed by atoms with E-state index in [-0.39, 0.29) is 47.7 Å². The first-order valence-electron chi connectivity index (χ1n) is 15.8. The molecule has 0 radical (unpaired) electrons. The third kappa shape index (κ3) is 7.28. The fourth-order valence-corrected chi connectivity index (χ4v) is 4.94. The smallest absolute Gasteiger partial charge is 0.305 e. The van der Waals surface area contributed by atoms with E-state index in [9.17, 15) is 24.2 Å². The van der Waals surface area contributed by atoms with Gasteiger partial charge in [-0.25, -0.2) is 4.39 Å². The molecule has 0 aliphatic rings. The molecule has 4 rings (SSSR count). The molecule has 0 fully saturated rings. The van der Waals surface area contributed by atoms with Crippen molar-refractivity contribution in [2.45, 2.75) is 57.8 Å². The Balaban J connectivity index is 2.05. The number of benzene rings is 3. The average molecular weight is 564 g/mol. The van der Waals surface area contributed by atoms with Crippen LogP contribution in [-0.2, 0) is 11.3 Å². The maximum Gasteiger partial charge on any atom is 0.305 e. The molecular formula is C33H35FN2O5. The number of carboxylic acid groups (broad SMARTS) is 1. The van der Waals surface area contributed by atoms with E-state index < -0.39 is 66.5 Å². The monoisotopic (exact) mass is 563 g/mol. The number of aliphatic carboxylic acids is 1. The minimum atomic E-state index is -1.30. The molecule has 1 amide bonds. The molecule has 0 bridgehead atoms. The molecule has 1 heterocycles. The molecule has 3 aromatic carbocycles. The zero-order valence-corrected chi connectivity index (χ0v) is 22.7. The molecule has 0 saturated heterocycles. The Morgan fingerprint density at radius 2 is 1.61 bits per heavy atom. The van der Waals surface area contributed by atoms with Crippen LogP contribution in [0.2, 0.25) is 0 Å². The van der Waals surface area contributed by atoms with Crippen LogP contribution in [0, 0.1) is 5.82 Å². The fraction of sp³-hybridized carbons (Fsp3) is 0.273. The minimum Gasteiger partial charge on any atom is -0.481 e. The summed E-state index contributed by atoms with van der Waals surface area (Å²) in [6, 6.07) is 11.0. The van der Waals surface area contributed by atoms with E-state index in [1.54, 1.807) is 34.9 Å². The zero-order chi connectivity index (χ0) is 33.9. The van der Waals surface area contributed by atoms with Crippen molar-refractivity contribution in [2.24, 2.45) is 0 Å². The van der Waals surface area contributed by atoms with Gasteiger partial charge >= 0.3 is 5.97 Å². The first kappa shape index (κ1) is 23.4. The first-order valence-corrected chi connectivity index (χ1v) is 13.3. The molecular weight excluding hydrogens is 523 g/mol. The molecule has 1 aromatic heterocycles. The number of halogens is 1. The van der Waals surface area contributed by atoms with Gasteiger partial charge in [-0.05, 0) is 66.3 Å². The summed E-state index contributed by atoms with van der Waals surface area (Å²) < 4.78 is 58.4. The van der Waals surface area contributed by atoms with Crippen LogP contribution in [0.1, 0.15) is 61.9 Å². The van der Waals surface area contributed by atoms with Crippen molar-refractivity contribution < 1.29 is 36.2 Å². The lowest BCUT2D eigenvalue weighted by Gasteiger charge is -2.20. The molecule has 41 heavy (non-hydrogen) atoms. The standard InChI is InChI=1S/C33H35FN2O5/c1-21(2)31-30(33(41)35-25-11-7-4-8-12-25)29(22-9-5-3-6-10-22)32(23-13-15-24(34)16-14-23)36(31)18-17-26(37)19-27(38)20-28(39)40/h3-16,21,26-27,37-38H,17-20H2,1-2H3,(H,35,41)(H,39,40)/t26-,27-/m1/s1/i3D,5D,6D,9D,10D. The van der Waals surface area contributed by atoms with Crippen molar-refractivity contribution in [3.05, 3.63) is 102 Å². The highest BCUT2D eigenvalue weighted by atomic mass is 19.1. The minimum absolute atomic E-state index is 0.00102. The van der Waals surface area contributed by atoms with E-state index in [1.165, 1.54) is 24.3 Å². The molecule has 0 unspecified atom stereocenters. The Kier molecular flexibility index (Phi) is 7.65. The number of hydrogen-bond donors (Lipinski definition) is 4. The number of aliphatic hydroxyl groups is 2. The number of nitrogens with zero attached hydrogens (tertiary/aromatic N) is 1. The third-order valence-electron chi connectivity index (χ3n) is 6.62. The fourth-order valence-electron chi connectivity index (χ4n) is 4.94. The number of aromatic nitrogens is 1. The van der Waals surface area contributed by atoms with Crippen LogP contribution in [0.4, 0.5) is 10.1 Å². The Hall–Kier alpha value is -4.27. The van der Waals surface area contributed by atoms with Crippen LogP contribution >= 0.6 is 0 Å². The maximum absolute atomic E-state index is 14.3. The van der Waals surface area contributed by atoms with Crippen LogP contribution < -0.4 is 5.32 Å². The van der Waals surface area contributed by atoms with Crippen molar-refractivity contribution in [1.82, 2.24) is 4.57 Å². The van der Waals surface area contributed by atoms with E-state index in [4.69, 9.17) is 12.0 Å². The second-order valence-corrected chi connectivity index (χ2v) is 10.0. The van der Waals surface area contributed by atoms with Gasteiger partial charge in [0.1, 0.15) is 5.82 Å². The van der Waals surface area contributed by atoms with E-state index in [2.05, 4.69) is 5.32 Å². The summed E-state index contributed by atoms with van der Waals surface area (Å²) in [6.45, 7) is 3.65. The van der Waals surface area contributed by atoms with Gasteiger partial charge in [0.2, 0.25) is 0 Å². The zero-order valence-electron chi connectivity index (χ0n) is 27.7. The van der Waals surface area contributed by atoms with Crippen molar-refractivity contribution in [2.75, 3.05) is 5.32 Å². The molecule has 0 saturated carbocycles. The molecule has 7 nitrogen and oxygen atoms in total. The van der Waals surface area contributed by atoms with E-state index >= 15 is 0 Å². The largest absolute Gasteiger partial charge is 0.481 e. The molecule has 4 aromatic rings. The summed E-state index contributed by atoms with van der Waals surface area (Å²) in [4.78, 5) is 25.3. The second kappa shape index (κ2) is 13.4. The first-order chi connectivity index (χ1) is 21.7. The van der Waals surface area contributed by atoms with Gasteiger partial charge in [-0.2, -0.15) is 0 Å². The van der Waals surface area contributed by atoms with Gasteiger partial charge in [0, 0.05) is 23.5 Å². The maximum atomic E-state index is 14.3. The SMILES string of the molecule is [2H]c1c([2H])c([2H])c(-c2c(C(=O)Nc3ccccc3)c(C(C)C)n(CC[C@@H](O)C[C@@H](O)CC(=O)O)c2-c2ccc(F)cc2)c([2H])c1[2H]. The summed E-state index contributed by atoms with van der Waals surface area (Å²) in [5, 5.41) is 32.7. The second-order valence-electron chi connectivity index (χ2n) is 10.0. The highest BCUT2D eigenvalue weighted by Gasteiger charge is 2.31. The molecule has 0 aliphatic carbocycles. The summed E-state index contributed by atoms with van der Waals surface area (Å²) in [5.74, 6) is -2.76. The number of nitrogens with one attached hydrogen (secondary N) is 1. The van der Waals surface area contributed by atoms with Crippen molar-refractivity contribution in [3.63, 3.8) is 0 Å². The van der Waals surface area contributed by atoms with Gasteiger partial charge in [0.05, 0.1) is 36.7 Å². The van der Waals surface area contributed by atoms with Crippen LogP contribution in [0.15, 0.2) is 84.8 Å². The van der Waals surface area contributed by atoms with Gasteiger partial charge in [-0.15, -0.1) is 0 Å². The van der Waals surface area contributed by atoms with Crippen LogP contribution in [0.3, 0.4) is 0 Å². The molecule has 4 N–H and O–H groups in total. The topological polar surface area (TPSA) is 112 Å². The third-order valence-corrected chi connectivity index (χ3v) is 6.62. The lowest BCUT2D eigenvalue weighted by molar-refractivity contribution is -0.139. The van der Waals surface area contributed by atoms with Crippen LogP contribution in [-0.4, -0.2) is 44.0 Å². The summed E-state index contributed by atoms with van der Waals surface area (Å²) in [7, 11) is 0. The number of rotatable bonds is 12. The lowest BCUT2D eigenvalue weighted by Crippen LogP contribution is -2.22. The summed E-state index contributed by atoms with van der Waals surface area (Å²) in [6.07, 6.45) is -3.23. The Bertz CT molecular complexity index is 1720. The Labute approximate surface area is 245 Å². The van der Waals surface area contributed by atoms with E-state index in [1.807, 2.05) is 13.8 Å². The molecule has 8 heteroatoms. The van der Waals surface area contributed by atoms with E-state index in [0.717, 1.165) is 0 Å². The quantitative estimate of drug-likeness (QED) is 0.161. The van der Waals surface area contributed by atoms with Gasteiger partial charge < -0.3 is 25.2 Å². The number of para-hydroxylation sites is 1. The molecule has 0 aliphatic heterocycles. The van der Waals surface area contributed by atoms with Gasteiger partial charge in [0.15, 0.2) is 0 Å². The number of carbonyl (C=O) groups is 2. The number of amides is 1. The Morgan fingerprint density at radius 3 is 2.22 bits per heavy atom. The highest BCUT2D eigenvalue weighted by Crippen LogP contribution is 2.42. The van der Waals surface area contributed by atoms with Crippen molar-refractivity contribution >= 4 is 17.6 Å². The highest BCUT2D eigenvalue weighted by molar-refractivity contribution is 6.12. The summed E-state index contributed by atoms with van der Waals surface area (Å²) >= 11 is 0. The van der Waals surface area contributed by atoms with Gasteiger partial charge in [0.25, 0.3) is 5.91 Å². The lowest BCUT2D eigenvalue weighted by atomic mass is 9.94. The van der Waals surface area contributed by atoms with Crippen molar-refractivity contribution in [3.8, 4) is 22.4 Å². The van der Waals surface area contributed by atoms with Crippen LogP contribution in [0.5, 0.6) is 0 Å². The van der Waals surface area contributed by atoms with E-state index in [0.29, 0.717) is 16.9 Å². The predicted octanol–water partition coefficient (Wildman–Crippen LogP) is 6.31. The number of carboxylic acids is 1. The number of hydrogen-bond acceptors (Lipinski definition) is 4. The molecule has 214 valence electrons. The molecule has 0 spiro atoms. The Morgan fingerprint density at radius 1 is 0.951 bits per heavy atom. The molecule has 2 atom stereocenters. The van der Waals surface area contributed by atoms with Gasteiger partial charge in [-0.3, -0.25) is 9.59 Å². The normalized spacial score (nSPS) is 14.4.